The minimum Gasteiger partial charge on any atom is -0.445 e. The summed E-state index contributed by atoms with van der Waals surface area (Å²) in [5.41, 5.74) is 0. The Hall–Kier alpha value is -1.43. The number of imidazole rings is 1. The summed E-state index contributed by atoms with van der Waals surface area (Å²) >= 11 is 0. The number of hydrogen-bond acceptors (Lipinski definition) is 0. The topological polar surface area (TPSA) is 8.81 Å². The van der Waals surface area contributed by atoms with E-state index in [0.717, 1.165) is 6.54 Å². The van der Waals surface area contributed by atoms with E-state index < -0.39 is 24.9 Å². The van der Waals surface area contributed by atoms with Crippen molar-refractivity contribution in [3.05, 3.63) is 18.7 Å². The molecule has 1 rings (SSSR count). The molecule has 2 nitrogen and oxygen atoms in total. The van der Waals surface area contributed by atoms with Gasteiger partial charge in [-0.2, -0.15) is 22.0 Å². The molecule has 0 atom stereocenters. The van der Waals surface area contributed by atoms with E-state index in [1.54, 1.807) is 0 Å². The first-order valence-electron chi connectivity index (χ1n) is 6.10. The van der Waals surface area contributed by atoms with Crippen LogP contribution in [-0.4, -0.2) is 29.5 Å². The van der Waals surface area contributed by atoms with E-state index in [-0.39, 0.29) is 0 Å². The van der Waals surface area contributed by atoms with E-state index in [0.29, 0.717) is 0 Å². The number of rotatable bonds is 4. The van der Waals surface area contributed by atoms with E-state index in [1.807, 2.05) is 7.05 Å². The van der Waals surface area contributed by atoms with Crippen LogP contribution in [0.15, 0.2) is 18.7 Å². The summed E-state index contributed by atoms with van der Waals surface area (Å²) in [4.78, 5) is 0. The van der Waals surface area contributed by atoms with Crippen molar-refractivity contribution in [2.75, 3.05) is 0 Å². The van der Waals surface area contributed by atoms with Crippen LogP contribution >= 0.6 is 0 Å². The van der Waals surface area contributed by atoms with Crippen LogP contribution in [0.5, 0.6) is 0 Å². The highest BCUT2D eigenvalue weighted by atomic mass is 19.4. The second kappa shape index (κ2) is 6.99. The monoisotopic (exact) mass is 362 g/mol. The molecule has 0 radical (unpaired) electrons. The van der Waals surface area contributed by atoms with Crippen molar-refractivity contribution in [3.8, 4) is 0 Å². The fraction of sp³-hybridized carbons (Fsp3) is 0.700. The fourth-order valence-corrected chi connectivity index (χ4v) is 1.29. The summed E-state index contributed by atoms with van der Waals surface area (Å²) in [7, 11) is 2.03. The SMILES string of the molecule is CCCn1cc[n+](C)c1.F[B-](F)(F)C(F)(F)C(F)(F)C(F)(F)F. The van der Waals surface area contributed by atoms with Gasteiger partial charge in [0, 0.05) is 0 Å². The number of nitrogens with zero attached hydrogens (tertiary/aromatic N) is 2. The molecule has 0 spiro atoms. The maximum atomic E-state index is 11.6. The van der Waals surface area contributed by atoms with Crippen molar-refractivity contribution in [1.82, 2.24) is 4.57 Å². The standard InChI is InChI=1S/C7H13N2.C3BF10/c1-3-4-9-6-5-8(2)7-9;5-1(6,3(9,10)11)2(7,8)4(12,13)14/h5-7H,3-4H2,1-2H3;/q+1;-1. The van der Waals surface area contributed by atoms with E-state index in [4.69, 9.17) is 0 Å². The lowest BCUT2D eigenvalue weighted by molar-refractivity contribution is -0.671. The van der Waals surface area contributed by atoms with Gasteiger partial charge < -0.3 is 12.9 Å². The molecule has 0 aromatic carbocycles. The quantitative estimate of drug-likeness (QED) is 0.436. The number of aryl methyl sites for hydroxylation is 2. The van der Waals surface area contributed by atoms with E-state index >= 15 is 0 Å². The van der Waals surface area contributed by atoms with E-state index in [1.165, 1.54) is 6.42 Å². The summed E-state index contributed by atoms with van der Waals surface area (Å²) < 4.78 is 118. The average molecular weight is 362 g/mol. The fourth-order valence-electron chi connectivity index (χ4n) is 1.29. The number of hydrogen-bond donors (Lipinski definition) is 0. The maximum absolute atomic E-state index is 11.6. The molecule has 1 aromatic heterocycles. The van der Waals surface area contributed by atoms with Gasteiger partial charge in [0.25, 0.3) is 5.82 Å². The van der Waals surface area contributed by atoms with Gasteiger partial charge in [-0.15, -0.1) is 0 Å². The van der Waals surface area contributed by atoms with Gasteiger partial charge in [0.1, 0.15) is 12.4 Å². The Kier molecular flexibility index (Phi) is 6.56. The van der Waals surface area contributed by atoms with Crippen LogP contribution in [0.2, 0.25) is 0 Å². The first-order valence-corrected chi connectivity index (χ1v) is 6.10. The Morgan fingerprint density at radius 3 is 1.70 bits per heavy atom. The summed E-state index contributed by atoms with van der Waals surface area (Å²) in [5.74, 6) is -14.2. The summed E-state index contributed by atoms with van der Waals surface area (Å²) in [6, 6.07) is 0. The van der Waals surface area contributed by atoms with Crippen LogP contribution in [0.25, 0.3) is 0 Å². The zero-order chi connectivity index (χ0) is 18.7. The lowest BCUT2D eigenvalue weighted by atomic mass is 9.76. The highest BCUT2D eigenvalue weighted by Gasteiger charge is 2.78. The molecule has 1 heterocycles. The Morgan fingerprint density at radius 1 is 1.00 bits per heavy atom. The molecule has 0 amide bonds. The van der Waals surface area contributed by atoms with Crippen LogP contribution < -0.4 is 4.57 Å². The van der Waals surface area contributed by atoms with Crippen LogP contribution in [0.3, 0.4) is 0 Å². The molecular weight excluding hydrogens is 349 g/mol. The smallest absolute Gasteiger partial charge is 0.445 e. The average Bonchev–Trinajstić information content (AvgIpc) is 2.73. The Bertz CT molecular complexity index is 467. The first-order chi connectivity index (χ1) is 10.1. The van der Waals surface area contributed by atoms with Gasteiger partial charge in [-0.05, 0) is 6.42 Å². The normalized spacial score (nSPS) is 13.6. The molecule has 136 valence electrons. The molecule has 0 fully saturated rings. The largest absolute Gasteiger partial charge is 0.555 e. The van der Waals surface area contributed by atoms with Crippen molar-refractivity contribution >= 4 is 6.98 Å². The van der Waals surface area contributed by atoms with Crippen LogP contribution in [0.1, 0.15) is 13.3 Å². The molecule has 23 heavy (non-hydrogen) atoms. The molecule has 0 saturated heterocycles. The molecule has 0 bridgehead atoms. The van der Waals surface area contributed by atoms with Gasteiger partial charge in [0.2, 0.25) is 6.33 Å². The van der Waals surface area contributed by atoms with Crippen molar-refractivity contribution in [2.24, 2.45) is 7.05 Å². The highest BCUT2D eigenvalue weighted by molar-refractivity contribution is 6.61. The minimum absolute atomic E-state index is 1.13. The molecule has 0 unspecified atom stereocenters. The predicted octanol–water partition coefficient (Wildman–Crippen LogP) is 3.93. The third-order valence-electron chi connectivity index (χ3n) is 2.49. The van der Waals surface area contributed by atoms with Gasteiger partial charge in [-0.25, -0.2) is 17.9 Å². The molecule has 0 saturated carbocycles. The van der Waals surface area contributed by atoms with Crippen molar-refractivity contribution in [3.63, 3.8) is 0 Å². The lowest BCUT2D eigenvalue weighted by Gasteiger charge is -2.34. The molecular formula is C10H13BF10N2. The summed E-state index contributed by atoms with van der Waals surface area (Å²) in [5, 5.41) is 0. The van der Waals surface area contributed by atoms with Crippen LogP contribution in [0.4, 0.5) is 43.7 Å². The summed E-state index contributed by atoms with van der Waals surface area (Å²) in [6.45, 7) is -4.32. The minimum atomic E-state index is -7.63. The van der Waals surface area contributed by atoms with Crippen LogP contribution in [0, 0.1) is 0 Å². The Balaban J connectivity index is 0.000000459. The van der Waals surface area contributed by atoms with Gasteiger partial charge in [0.15, 0.2) is 0 Å². The first kappa shape index (κ1) is 21.6. The molecule has 0 N–H and O–H groups in total. The molecule has 1 aromatic rings. The number of alkyl halides is 7. The second-order valence-corrected chi connectivity index (χ2v) is 4.59. The number of aromatic nitrogens is 2. The molecule has 13 heteroatoms. The highest BCUT2D eigenvalue weighted by Crippen LogP contribution is 2.51. The molecule has 0 aliphatic rings. The summed E-state index contributed by atoms with van der Waals surface area (Å²) in [6.07, 6.45) is 0.477. The zero-order valence-corrected chi connectivity index (χ0v) is 11.9. The Labute approximate surface area is 124 Å². The molecule has 0 aliphatic heterocycles. The van der Waals surface area contributed by atoms with Gasteiger partial charge in [-0.3, -0.25) is 0 Å². The van der Waals surface area contributed by atoms with Gasteiger partial charge in [0.05, 0.1) is 13.6 Å². The third kappa shape index (κ3) is 5.03. The van der Waals surface area contributed by atoms with Crippen molar-refractivity contribution < 1.29 is 48.2 Å². The predicted molar refractivity (Wildman–Crippen MR) is 60.9 cm³/mol. The van der Waals surface area contributed by atoms with Crippen molar-refractivity contribution in [1.29, 1.82) is 0 Å². The maximum Gasteiger partial charge on any atom is 0.555 e. The number of halogens is 10. The molecule has 0 aliphatic carbocycles. The lowest BCUT2D eigenvalue weighted by Crippen LogP contribution is -2.62. The van der Waals surface area contributed by atoms with E-state index in [2.05, 4.69) is 34.8 Å². The second-order valence-electron chi connectivity index (χ2n) is 4.59. The van der Waals surface area contributed by atoms with Gasteiger partial charge in [-0.1, -0.05) is 6.92 Å². The third-order valence-corrected chi connectivity index (χ3v) is 2.49. The van der Waals surface area contributed by atoms with Crippen LogP contribution in [-0.2, 0) is 13.6 Å². The Morgan fingerprint density at radius 2 is 1.48 bits per heavy atom. The van der Waals surface area contributed by atoms with Gasteiger partial charge >= 0.3 is 19.1 Å². The van der Waals surface area contributed by atoms with Crippen molar-refractivity contribution in [2.45, 2.75) is 37.8 Å². The van der Waals surface area contributed by atoms with E-state index in [9.17, 15) is 43.7 Å². The zero-order valence-electron chi connectivity index (χ0n) is 11.9.